The van der Waals surface area contributed by atoms with Gasteiger partial charge in [0.15, 0.2) is 10.0 Å². The first-order chi connectivity index (χ1) is 27.0. The van der Waals surface area contributed by atoms with Crippen LogP contribution in [0.15, 0.2) is 65.5 Å². The van der Waals surface area contributed by atoms with Crippen LogP contribution in [0.1, 0.15) is 150 Å². The van der Waals surface area contributed by atoms with Gasteiger partial charge in [-0.1, -0.05) is 132 Å². The fraction of sp³-hybridized carbons (Fsp3) is 0.400. The zero-order valence-corrected chi connectivity index (χ0v) is 37.8. The summed E-state index contributed by atoms with van der Waals surface area (Å²) in [6.07, 6.45) is 3.22. The molecule has 7 rings (SSSR count). The van der Waals surface area contributed by atoms with Crippen molar-refractivity contribution in [2.75, 3.05) is 0 Å². The minimum Gasteiger partial charge on any atom is -0.507 e. The maximum Gasteiger partial charge on any atom is 0.230 e. The molecule has 0 atom stereocenters. The Morgan fingerprint density at radius 1 is 0.466 bits per heavy atom. The van der Waals surface area contributed by atoms with Crippen LogP contribution >= 0.6 is 22.7 Å². The van der Waals surface area contributed by atoms with E-state index in [1.165, 1.54) is 22.7 Å². The molecule has 0 fully saturated rings. The normalized spacial score (nSPS) is 13.8. The SMILES string of the molecule is CC(C)(C)c1cc2c(O)c(c1)Cc1cc(C(C)(C)C)cc(c1O)Cc1cc(C(C)(C)C)cc(c1Oc1csc(-c3nccs3)n1)Cc1cc(C(C)(C)C)cc(c1O)C2. The summed E-state index contributed by atoms with van der Waals surface area (Å²) in [7, 11) is 0. The number of hydrogen-bond donors (Lipinski definition) is 3. The largest absolute Gasteiger partial charge is 0.507 e. The maximum atomic E-state index is 12.3. The zero-order valence-electron chi connectivity index (χ0n) is 36.1. The minimum atomic E-state index is -0.215. The first-order valence-corrected chi connectivity index (χ1v) is 22.0. The van der Waals surface area contributed by atoms with E-state index in [1.807, 2.05) is 10.8 Å². The summed E-state index contributed by atoms with van der Waals surface area (Å²) in [6.45, 7) is 26.3. The van der Waals surface area contributed by atoms with E-state index in [9.17, 15) is 15.3 Å². The predicted octanol–water partition coefficient (Wildman–Crippen LogP) is 13.0. The molecule has 0 amide bonds. The average molecular weight is 815 g/mol. The van der Waals surface area contributed by atoms with Crippen LogP contribution in [0.2, 0.25) is 0 Å². The van der Waals surface area contributed by atoms with E-state index >= 15 is 0 Å². The van der Waals surface area contributed by atoms with Gasteiger partial charge in [-0.05, 0) is 88.4 Å². The van der Waals surface area contributed by atoms with Crippen molar-refractivity contribution in [3.05, 3.63) is 132 Å². The van der Waals surface area contributed by atoms with E-state index in [0.29, 0.717) is 37.3 Å². The highest BCUT2D eigenvalue weighted by Crippen LogP contribution is 2.44. The van der Waals surface area contributed by atoms with E-state index in [-0.39, 0.29) is 38.9 Å². The number of phenolic OH excluding ortho intramolecular Hbond substituents is 3. The Balaban J connectivity index is 1.55. The number of fused-ring (bicyclic) bond motifs is 8. The number of thiazole rings is 2. The maximum absolute atomic E-state index is 12.3. The van der Waals surface area contributed by atoms with Crippen LogP contribution in [0.5, 0.6) is 28.9 Å². The van der Waals surface area contributed by atoms with Crippen molar-refractivity contribution < 1.29 is 20.1 Å². The summed E-state index contributed by atoms with van der Waals surface area (Å²) >= 11 is 3.03. The van der Waals surface area contributed by atoms with Crippen molar-refractivity contribution in [3.8, 4) is 38.9 Å². The van der Waals surface area contributed by atoms with Gasteiger partial charge in [0.1, 0.15) is 23.0 Å². The third-order valence-corrected chi connectivity index (χ3v) is 13.1. The fourth-order valence-corrected chi connectivity index (χ4v) is 9.04. The van der Waals surface area contributed by atoms with Gasteiger partial charge < -0.3 is 20.1 Å². The molecule has 6 nitrogen and oxygen atoms in total. The number of aromatic nitrogens is 2. The van der Waals surface area contributed by atoms with Gasteiger partial charge in [0, 0.05) is 37.3 Å². The van der Waals surface area contributed by atoms with Crippen molar-refractivity contribution >= 4 is 22.7 Å². The molecule has 0 unspecified atom stereocenters. The summed E-state index contributed by atoms with van der Waals surface area (Å²) in [5.41, 5.74) is 9.94. The molecule has 0 aliphatic heterocycles. The predicted molar refractivity (Wildman–Crippen MR) is 240 cm³/mol. The summed E-state index contributed by atoms with van der Waals surface area (Å²) < 4.78 is 6.93. The highest BCUT2D eigenvalue weighted by molar-refractivity contribution is 7.19. The van der Waals surface area contributed by atoms with Crippen LogP contribution < -0.4 is 4.74 Å². The third kappa shape index (κ3) is 8.55. The molecule has 0 radical (unpaired) electrons. The highest BCUT2D eigenvalue weighted by atomic mass is 32.1. The Bertz CT molecular complexity index is 2380. The molecule has 3 N–H and O–H groups in total. The molecule has 2 aromatic heterocycles. The molecular weight excluding hydrogens is 757 g/mol. The Labute approximate surface area is 352 Å². The Hall–Kier alpha value is -4.66. The van der Waals surface area contributed by atoms with Crippen LogP contribution in [0.4, 0.5) is 0 Å². The Kier molecular flexibility index (Phi) is 10.6. The molecule has 4 aromatic carbocycles. The average Bonchev–Trinajstić information content (AvgIpc) is 3.81. The van der Waals surface area contributed by atoms with E-state index in [2.05, 4.69) is 137 Å². The van der Waals surface area contributed by atoms with Gasteiger partial charge in [-0.3, -0.25) is 0 Å². The minimum absolute atomic E-state index is 0.195. The number of nitrogens with zero attached hydrogens (tertiary/aromatic N) is 2. The van der Waals surface area contributed by atoms with Crippen molar-refractivity contribution in [2.24, 2.45) is 0 Å². The number of benzene rings is 4. The van der Waals surface area contributed by atoms with E-state index in [1.54, 1.807) is 6.20 Å². The molecule has 0 saturated carbocycles. The van der Waals surface area contributed by atoms with Crippen LogP contribution in [-0.4, -0.2) is 25.3 Å². The summed E-state index contributed by atoms with van der Waals surface area (Å²) in [6, 6.07) is 17.0. The van der Waals surface area contributed by atoms with E-state index < -0.39 is 0 Å². The molecule has 8 bridgehead atoms. The second-order valence-corrected chi connectivity index (χ2v) is 21.9. The lowest BCUT2D eigenvalue weighted by Gasteiger charge is -2.27. The summed E-state index contributed by atoms with van der Waals surface area (Å²) in [5.74, 6) is 1.76. The van der Waals surface area contributed by atoms with Gasteiger partial charge in [0.25, 0.3) is 0 Å². The van der Waals surface area contributed by atoms with Gasteiger partial charge in [0.2, 0.25) is 5.88 Å². The van der Waals surface area contributed by atoms with Gasteiger partial charge >= 0.3 is 0 Å². The summed E-state index contributed by atoms with van der Waals surface area (Å²) in [5, 5.41) is 42.3. The standard InChI is InChI=1S/C50H58N2O4S2/c1-47(2,3)36-19-28-15-30-21-37(48(4,5)6)23-32(42(30)54)17-34-25-39(50(10,11)12)26-35(44(34)56-40-27-58-46(52-40)45-51-13-14-57-45)18-33-24-38(49(7,8)9)22-31(43(33)55)16-29(20-36)41(28)53/h13-14,19-27,53-55H,15-18H2,1-12H3. The number of hydrogen-bond acceptors (Lipinski definition) is 8. The topological polar surface area (TPSA) is 95.7 Å². The lowest BCUT2D eigenvalue weighted by atomic mass is 9.79. The molecule has 6 aromatic rings. The Morgan fingerprint density at radius 3 is 1.10 bits per heavy atom. The van der Waals surface area contributed by atoms with E-state index in [4.69, 9.17) is 9.72 Å². The van der Waals surface area contributed by atoms with Crippen molar-refractivity contribution in [1.82, 2.24) is 9.97 Å². The zero-order chi connectivity index (χ0) is 42.1. The lowest BCUT2D eigenvalue weighted by Crippen LogP contribution is -2.16. The lowest BCUT2D eigenvalue weighted by molar-refractivity contribution is 0.447. The first-order valence-electron chi connectivity index (χ1n) is 20.2. The molecule has 1 aliphatic rings. The van der Waals surface area contributed by atoms with Crippen LogP contribution in [0.25, 0.3) is 10.0 Å². The van der Waals surface area contributed by atoms with Crippen molar-refractivity contribution in [3.63, 3.8) is 0 Å². The first kappa shape index (κ1) is 41.5. The van der Waals surface area contributed by atoms with Crippen LogP contribution in [0.3, 0.4) is 0 Å². The second-order valence-electron chi connectivity index (χ2n) is 20.2. The number of phenols is 3. The van der Waals surface area contributed by atoms with Crippen molar-refractivity contribution in [2.45, 2.75) is 130 Å². The van der Waals surface area contributed by atoms with Crippen LogP contribution in [-0.2, 0) is 47.3 Å². The molecule has 58 heavy (non-hydrogen) atoms. The highest BCUT2D eigenvalue weighted by Gasteiger charge is 2.28. The molecular formula is C50H58N2O4S2. The van der Waals surface area contributed by atoms with Gasteiger partial charge in [-0.15, -0.1) is 22.7 Å². The monoisotopic (exact) mass is 814 g/mol. The number of ether oxygens (including phenoxy) is 1. The molecule has 0 saturated heterocycles. The molecule has 0 spiro atoms. The van der Waals surface area contributed by atoms with Crippen LogP contribution in [0, 0.1) is 0 Å². The van der Waals surface area contributed by atoms with Gasteiger partial charge in [-0.2, -0.15) is 4.98 Å². The van der Waals surface area contributed by atoms with Crippen molar-refractivity contribution in [1.29, 1.82) is 0 Å². The number of aromatic hydroxyl groups is 3. The molecule has 2 heterocycles. The Morgan fingerprint density at radius 2 is 0.793 bits per heavy atom. The smallest absolute Gasteiger partial charge is 0.230 e. The van der Waals surface area contributed by atoms with Gasteiger partial charge in [0.05, 0.1) is 5.38 Å². The molecule has 1 aliphatic carbocycles. The summed E-state index contributed by atoms with van der Waals surface area (Å²) in [4.78, 5) is 9.37. The number of rotatable bonds is 3. The second kappa shape index (κ2) is 14.9. The van der Waals surface area contributed by atoms with E-state index in [0.717, 1.165) is 76.8 Å². The van der Waals surface area contributed by atoms with Gasteiger partial charge in [-0.25, -0.2) is 4.98 Å². The third-order valence-electron chi connectivity index (χ3n) is 11.3. The fourth-order valence-electron chi connectivity index (χ4n) is 7.63. The quantitative estimate of drug-likeness (QED) is 0.164. The molecule has 304 valence electrons. The molecule has 8 heteroatoms.